The van der Waals surface area contributed by atoms with E-state index >= 15 is 0 Å². The second-order valence-corrected chi connectivity index (χ2v) is 9.05. The summed E-state index contributed by atoms with van der Waals surface area (Å²) in [7, 11) is 0. The summed E-state index contributed by atoms with van der Waals surface area (Å²) >= 11 is 7.22. The summed E-state index contributed by atoms with van der Waals surface area (Å²) in [5.41, 5.74) is -0.572. The van der Waals surface area contributed by atoms with Crippen molar-refractivity contribution in [2.45, 2.75) is 51.9 Å². The van der Waals surface area contributed by atoms with Gasteiger partial charge in [0.1, 0.15) is 5.54 Å². The van der Waals surface area contributed by atoms with Gasteiger partial charge < -0.3 is 5.32 Å². The van der Waals surface area contributed by atoms with Gasteiger partial charge >= 0.3 is 0 Å². The van der Waals surface area contributed by atoms with Gasteiger partial charge in [-0.05, 0) is 37.0 Å². The average molecular weight is 421 g/mol. The van der Waals surface area contributed by atoms with Crippen LogP contribution >= 0.6 is 23.4 Å². The van der Waals surface area contributed by atoms with Crippen LogP contribution in [0.25, 0.3) is 10.9 Å². The summed E-state index contributed by atoms with van der Waals surface area (Å²) < 4.78 is 1.59. The predicted octanol–water partition coefficient (Wildman–Crippen LogP) is 3.85. The standard InChI is InChI=1S/C20H25ClN4O2S/c1-12(2)9-25-18(27)15-8-14(21)6-7-16(15)23-19(25)28-10-17(26)24-20(5,11-22)13(3)4/h6-8,12-13H,9-10H2,1-5H3,(H,24,26)/t20-/m0/s1. The van der Waals surface area contributed by atoms with Crippen LogP contribution in [0.2, 0.25) is 5.02 Å². The van der Waals surface area contributed by atoms with E-state index in [2.05, 4.69) is 16.4 Å². The van der Waals surface area contributed by atoms with Crippen LogP contribution in [0.1, 0.15) is 34.6 Å². The minimum Gasteiger partial charge on any atom is -0.337 e. The fourth-order valence-corrected chi connectivity index (χ4v) is 3.55. The summed E-state index contributed by atoms with van der Waals surface area (Å²) in [6.45, 7) is 9.97. The first-order chi connectivity index (χ1) is 13.1. The maximum atomic E-state index is 13.0. The molecule has 6 nitrogen and oxygen atoms in total. The first-order valence-electron chi connectivity index (χ1n) is 9.12. The van der Waals surface area contributed by atoms with E-state index in [-0.39, 0.29) is 29.1 Å². The number of nitrogens with one attached hydrogen (secondary N) is 1. The largest absolute Gasteiger partial charge is 0.337 e. The van der Waals surface area contributed by atoms with Crippen LogP contribution in [-0.4, -0.2) is 26.8 Å². The van der Waals surface area contributed by atoms with Crippen molar-refractivity contribution in [2.75, 3.05) is 5.75 Å². The lowest BCUT2D eigenvalue weighted by Crippen LogP contribution is -2.49. The zero-order chi connectivity index (χ0) is 21.1. The quantitative estimate of drug-likeness (QED) is 0.542. The number of nitrogens with zero attached hydrogens (tertiary/aromatic N) is 3. The minimum atomic E-state index is -0.942. The molecular formula is C20H25ClN4O2S. The SMILES string of the molecule is CC(C)Cn1c(SCC(=O)N[C@@](C)(C#N)C(C)C)nc2ccc(Cl)cc2c1=O. The van der Waals surface area contributed by atoms with Crippen LogP contribution in [0.15, 0.2) is 28.2 Å². The van der Waals surface area contributed by atoms with E-state index in [4.69, 9.17) is 11.6 Å². The fraction of sp³-hybridized carbons (Fsp3) is 0.500. The summed E-state index contributed by atoms with van der Waals surface area (Å²) in [6, 6.07) is 7.16. The summed E-state index contributed by atoms with van der Waals surface area (Å²) in [6.07, 6.45) is 0. The number of hydrogen-bond acceptors (Lipinski definition) is 5. The zero-order valence-corrected chi connectivity index (χ0v) is 18.3. The Morgan fingerprint density at radius 3 is 2.64 bits per heavy atom. The zero-order valence-electron chi connectivity index (χ0n) is 16.7. The number of benzene rings is 1. The molecule has 150 valence electrons. The lowest BCUT2D eigenvalue weighted by Gasteiger charge is -2.27. The molecule has 1 aromatic heterocycles. The molecule has 0 radical (unpaired) electrons. The van der Waals surface area contributed by atoms with Gasteiger partial charge in [0.05, 0.1) is 22.7 Å². The molecule has 1 amide bonds. The van der Waals surface area contributed by atoms with E-state index in [1.54, 1.807) is 29.7 Å². The summed E-state index contributed by atoms with van der Waals surface area (Å²) in [4.78, 5) is 29.9. The lowest BCUT2D eigenvalue weighted by molar-refractivity contribution is -0.120. The Labute approximate surface area is 174 Å². The maximum Gasteiger partial charge on any atom is 0.262 e. The lowest BCUT2D eigenvalue weighted by atomic mass is 9.90. The molecule has 1 heterocycles. The molecule has 1 aromatic carbocycles. The molecule has 0 saturated carbocycles. The number of hydrogen-bond donors (Lipinski definition) is 1. The molecular weight excluding hydrogens is 396 g/mol. The van der Waals surface area contributed by atoms with Crippen molar-refractivity contribution >= 4 is 40.2 Å². The Balaban J connectivity index is 2.33. The number of carbonyl (C=O) groups is 1. The van der Waals surface area contributed by atoms with E-state index in [9.17, 15) is 14.9 Å². The van der Waals surface area contributed by atoms with Gasteiger partial charge in [0.2, 0.25) is 5.91 Å². The molecule has 0 aliphatic rings. The van der Waals surface area contributed by atoms with Gasteiger partial charge in [-0.25, -0.2) is 4.98 Å². The van der Waals surface area contributed by atoms with Gasteiger partial charge in [0.15, 0.2) is 5.16 Å². The third kappa shape index (κ3) is 5.06. The van der Waals surface area contributed by atoms with Crippen molar-refractivity contribution in [1.29, 1.82) is 5.26 Å². The van der Waals surface area contributed by atoms with Crippen molar-refractivity contribution in [3.8, 4) is 6.07 Å². The molecule has 0 aliphatic carbocycles. The fourth-order valence-electron chi connectivity index (χ4n) is 2.57. The van der Waals surface area contributed by atoms with Gasteiger partial charge in [0.25, 0.3) is 5.56 Å². The molecule has 28 heavy (non-hydrogen) atoms. The topological polar surface area (TPSA) is 87.8 Å². The van der Waals surface area contributed by atoms with Gasteiger partial charge in [-0.3, -0.25) is 14.2 Å². The van der Waals surface area contributed by atoms with Crippen LogP contribution in [0, 0.1) is 23.2 Å². The third-order valence-corrected chi connectivity index (χ3v) is 5.76. The van der Waals surface area contributed by atoms with E-state index < -0.39 is 5.54 Å². The Bertz CT molecular complexity index is 981. The maximum absolute atomic E-state index is 13.0. The molecule has 0 bridgehead atoms. The summed E-state index contributed by atoms with van der Waals surface area (Å²) in [5.74, 6) is -0.0151. The smallest absolute Gasteiger partial charge is 0.262 e. The molecule has 0 aliphatic heterocycles. The van der Waals surface area contributed by atoms with Crippen LogP contribution in [-0.2, 0) is 11.3 Å². The Hall–Kier alpha value is -2.04. The van der Waals surface area contributed by atoms with Crippen molar-refractivity contribution in [3.63, 3.8) is 0 Å². The number of amides is 1. The van der Waals surface area contributed by atoms with Crippen molar-refractivity contribution in [2.24, 2.45) is 11.8 Å². The Kier molecular flexibility index (Phi) is 7.13. The second kappa shape index (κ2) is 8.97. The molecule has 2 rings (SSSR count). The van der Waals surface area contributed by atoms with E-state index in [1.165, 1.54) is 11.8 Å². The Morgan fingerprint density at radius 1 is 1.39 bits per heavy atom. The summed E-state index contributed by atoms with van der Waals surface area (Å²) in [5, 5.41) is 13.6. The first kappa shape index (κ1) is 22.3. The second-order valence-electron chi connectivity index (χ2n) is 7.67. The minimum absolute atomic E-state index is 0.0332. The average Bonchev–Trinajstić information content (AvgIpc) is 2.62. The van der Waals surface area contributed by atoms with E-state index in [0.717, 1.165) is 0 Å². The molecule has 2 aromatic rings. The third-order valence-electron chi connectivity index (χ3n) is 4.55. The molecule has 0 spiro atoms. The molecule has 1 N–H and O–H groups in total. The van der Waals surface area contributed by atoms with Crippen LogP contribution < -0.4 is 10.9 Å². The number of fused-ring (bicyclic) bond motifs is 1. The van der Waals surface area contributed by atoms with E-state index in [1.807, 2.05) is 27.7 Å². The van der Waals surface area contributed by atoms with Crippen molar-refractivity contribution in [1.82, 2.24) is 14.9 Å². The number of thioether (sulfide) groups is 1. The molecule has 1 atom stereocenters. The normalized spacial score (nSPS) is 13.5. The first-order valence-corrected chi connectivity index (χ1v) is 10.5. The van der Waals surface area contributed by atoms with Gasteiger partial charge in [-0.2, -0.15) is 5.26 Å². The molecule has 0 saturated heterocycles. The van der Waals surface area contributed by atoms with Crippen LogP contribution in [0.5, 0.6) is 0 Å². The molecule has 0 fully saturated rings. The van der Waals surface area contributed by atoms with Crippen molar-refractivity contribution < 1.29 is 4.79 Å². The number of aromatic nitrogens is 2. The predicted molar refractivity (Wildman–Crippen MR) is 114 cm³/mol. The number of rotatable bonds is 7. The monoisotopic (exact) mass is 420 g/mol. The number of halogens is 1. The van der Waals surface area contributed by atoms with Crippen LogP contribution in [0.3, 0.4) is 0 Å². The van der Waals surface area contributed by atoms with Gasteiger partial charge in [0, 0.05) is 11.6 Å². The highest BCUT2D eigenvalue weighted by atomic mass is 35.5. The molecule has 8 heteroatoms. The highest BCUT2D eigenvalue weighted by Crippen LogP contribution is 2.22. The highest BCUT2D eigenvalue weighted by Gasteiger charge is 2.30. The number of nitriles is 1. The van der Waals surface area contributed by atoms with Gasteiger partial charge in [-0.15, -0.1) is 0 Å². The highest BCUT2D eigenvalue weighted by molar-refractivity contribution is 7.99. The number of carbonyl (C=O) groups excluding carboxylic acids is 1. The molecule has 0 unspecified atom stereocenters. The Morgan fingerprint density at radius 2 is 2.07 bits per heavy atom. The van der Waals surface area contributed by atoms with E-state index in [0.29, 0.717) is 27.6 Å². The van der Waals surface area contributed by atoms with Crippen LogP contribution in [0.4, 0.5) is 0 Å². The van der Waals surface area contributed by atoms with Crippen molar-refractivity contribution in [3.05, 3.63) is 33.6 Å². The van der Waals surface area contributed by atoms with Gasteiger partial charge in [-0.1, -0.05) is 51.1 Å².